The Labute approximate surface area is 89.5 Å². The molecule has 0 saturated heterocycles. The van der Waals surface area contributed by atoms with Crippen LogP contribution in [0.3, 0.4) is 0 Å². The Hall–Kier alpha value is -1.51. The normalized spacial score (nSPS) is 10.9. The highest BCUT2D eigenvalue weighted by Gasteiger charge is 2.09. The zero-order chi connectivity index (χ0) is 11.3. The van der Waals surface area contributed by atoms with Gasteiger partial charge in [0.2, 0.25) is 10.0 Å². The van der Waals surface area contributed by atoms with E-state index < -0.39 is 10.0 Å². The third-order valence-electron chi connectivity index (χ3n) is 1.73. The van der Waals surface area contributed by atoms with E-state index in [9.17, 15) is 8.42 Å². The minimum Gasteiger partial charge on any atom is -0.399 e. The van der Waals surface area contributed by atoms with Gasteiger partial charge in [-0.25, -0.2) is 13.1 Å². The number of hydrogen-bond acceptors (Lipinski definition) is 3. The predicted octanol–water partition coefficient (Wildman–Crippen LogP) is 0.321. The van der Waals surface area contributed by atoms with Crippen LogP contribution in [0.25, 0.3) is 0 Å². The summed E-state index contributed by atoms with van der Waals surface area (Å²) in [6.45, 7) is 0.0112. The summed E-state index contributed by atoms with van der Waals surface area (Å²) in [5.41, 5.74) is 6.76. The fraction of sp³-hybridized carbons (Fsp3) is 0.200. The van der Waals surface area contributed by atoms with Crippen LogP contribution < -0.4 is 10.5 Å². The Balaban J connectivity index is 2.70. The summed E-state index contributed by atoms with van der Waals surface area (Å²) in [5, 5.41) is 0. The molecule has 4 nitrogen and oxygen atoms in total. The number of nitrogens with one attached hydrogen (secondary N) is 1. The summed E-state index contributed by atoms with van der Waals surface area (Å²) in [6.07, 6.45) is 4.96. The van der Waals surface area contributed by atoms with Crippen LogP contribution in [0.1, 0.15) is 5.56 Å². The maximum atomic E-state index is 11.4. The van der Waals surface area contributed by atoms with E-state index in [2.05, 4.69) is 10.6 Å². The summed E-state index contributed by atoms with van der Waals surface area (Å²) >= 11 is 0. The summed E-state index contributed by atoms with van der Waals surface area (Å²) in [7, 11) is -3.34. The highest BCUT2D eigenvalue weighted by atomic mass is 32.2. The molecule has 0 amide bonds. The Kier molecular flexibility index (Phi) is 3.72. The maximum Gasteiger partial charge on any atom is 0.216 e. The van der Waals surface area contributed by atoms with E-state index in [-0.39, 0.29) is 12.3 Å². The molecule has 0 spiro atoms. The van der Waals surface area contributed by atoms with Crippen LogP contribution in [0.2, 0.25) is 0 Å². The van der Waals surface area contributed by atoms with E-state index in [1.54, 1.807) is 24.3 Å². The first-order valence-corrected chi connectivity index (χ1v) is 5.94. The average molecular weight is 224 g/mol. The van der Waals surface area contributed by atoms with Gasteiger partial charge in [0.05, 0.1) is 12.3 Å². The second-order valence-electron chi connectivity index (χ2n) is 3.03. The lowest BCUT2D eigenvalue weighted by Crippen LogP contribution is -2.25. The van der Waals surface area contributed by atoms with Crippen molar-refractivity contribution in [3.63, 3.8) is 0 Å². The number of anilines is 1. The fourth-order valence-electron chi connectivity index (χ4n) is 1.04. The van der Waals surface area contributed by atoms with Gasteiger partial charge in [-0.15, -0.1) is 6.42 Å². The van der Waals surface area contributed by atoms with E-state index in [1.165, 1.54) is 0 Å². The molecule has 3 N–H and O–H groups in total. The van der Waals surface area contributed by atoms with Crippen molar-refractivity contribution in [1.29, 1.82) is 0 Å². The molecule has 1 rings (SSSR count). The molecule has 0 atom stereocenters. The molecule has 0 aliphatic heterocycles. The van der Waals surface area contributed by atoms with Crippen LogP contribution in [-0.2, 0) is 15.8 Å². The lowest BCUT2D eigenvalue weighted by Gasteiger charge is -2.04. The molecule has 0 radical (unpaired) electrons. The van der Waals surface area contributed by atoms with Crippen molar-refractivity contribution in [3.05, 3.63) is 29.8 Å². The Morgan fingerprint density at radius 1 is 1.33 bits per heavy atom. The monoisotopic (exact) mass is 224 g/mol. The molecule has 1 aromatic rings. The summed E-state index contributed by atoms with van der Waals surface area (Å²) in [6, 6.07) is 6.66. The number of terminal acetylenes is 1. The minimum atomic E-state index is -3.34. The van der Waals surface area contributed by atoms with Gasteiger partial charge in [0.25, 0.3) is 0 Å². The predicted molar refractivity (Wildman–Crippen MR) is 60.3 cm³/mol. The van der Waals surface area contributed by atoms with Crippen LogP contribution >= 0.6 is 0 Å². The number of hydrogen-bond donors (Lipinski definition) is 2. The molecule has 15 heavy (non-hydrogen) atoms. The average Bonchev–Trinajstić information content (AvgIpc) is 2.18. The molecule has 0 unspecified atom stereocenters. The summed E-state index contributed by atoms with van der Waals surface area (Å²) < 4.78 is 25.1. The maximum absolute atomic E-state index is 11.4. The van der Waals surface area contributed by atoms with E-state index in [0.717, 1.165) is 0 Å². The first kappa shape index (κ1) is 11.6. The lowest BCUT2D eigenvalue weighted by molar-refractivity contribution is 0.585. The van der Waals surface area contributed by atoms with Gasteiger partial charge in [-0.1, -0.05) is 18.1 Å². The van der Waals surface area contributed by atoms with Crippen LogP contribution in [0, 0.1) is 12.3 Å². The molecule has 0 saturated carbocycles. The van der Waals surface area contributed by atoms with Gasteiger partial charge in [-0.3, -0.25) is 0 Å². The van der Waals surface area contributed by atoms with Crippen molar-refractivity contribution in [3.8, 4) is 12.3 Å². The van der Waals surface area contributed by atoms with Crippen LogP contribution in [0.5, 0.6) is 0 Å². The van der Waals surface area contributed by atoms with Crippen LogP contribution in [0.15, 0.2) is 24.3 Å². The highest BCUT2D eigenvalue weighted by molar-refractivity contribution is 7.88. The van der Waals surface area contributed by atoms with Gasteiger partial charge in [-0.05, 0) is 17.7 Å². The van der Waals surface area contributed by atoms with Gasteiger partial charge in [-0.2, -0.15) is 0 Å². The quantitative estimate of drug-likeness (QED) is 0.571. The number of nitrogens with two attached hydrogens (primary N) is 1. The summed E-state index contributed by atoms with van der Waals surface area (Å²) in [5.74, 6) is 2.12. The fourth-order valence-corrected chi connectivity index (χ4v) is 2.07. The van der Waals surface area contributed by atoms with Gasteiger partial charge in [0.1, 0.15) is 0 Å². The smallest absolute Gasteiger partial charge is 0.216 e. The third kappa shape index (κ3) is 4.02. The Morgan fingerprint density at radius 3 is 2.47 bits per heavy atom. The molecule has 0 aliphatic carbocycles. The van der Waals surface area contributed by atoms with Gasteiger partial charge < -0.3 is 5.73 Å². The van der Waals surface area contributed by atoms with Gasteiger partial charge in [0, 0.05) is 5.69 Å². The van der Waals surface area contributed by atoms with E-state index in [4.69, 9.17) is 12.2 Å². The number of nitrogen functional groups attached to an aromatic ring is 1. The molecule has 0 fully saturated rings. The lowest BCUT2D eigenvalue weighted by atomic mass is 10.2. The van der Waals surface area contributed by atoms with Crippen molar-refractivity contribution >= 4 is 15.7 Å². The van der Waals surface area contributed by atoms with Crippen LogP contribution in [0.4, 0.5) is 5.69 Å². The van der Waals surface area contributed by atoms with Crippen molar-refractivity contribution < 1.29 is 8.42 Å². The molecular formula is C10H12N2O2S. The Bertz CT molecular complexity index is 457. The second kappa shape index (κ2) is 4.82. The number of sulfonamides is 1. The standard InChI is InChI=1S/C10H12N2O2S/c1-2-7-12-15(13,14)8-9-3-5-10(11)6-4-9/h1,3-6,12H,7-8,11H2. The minimum absolute atomic E-state index is 0.0112. The zero-order valence-corrected chi connectivity index (χ0v) is 8.92. The topological polar surface area (TPSA) is 72.2 Å². The van der Waals surface area contributed by atoms with Gasteiger partial charge >= 0.3 is 0 Å². The van der Waals surface area contributed by atoms with Crippen LogP contribution in [-0.4, -0.2) is 15.0 Å². The van der Waals surface area contributed by atoms with E-state index >= 15 is 0 Å². The number of benzene rings is 1. The molecule has 0 heterocycles. The SMILES string of the molecule is C#CCNS(=O)(=O)Cc1ccc(N)cc1. The van der Waals surface area contributed by atoms with Crippen molar-refractivity contribution in [2.45, 2.75) is 5.75 Å². The first-order chi connectivity index (χ1) is 7.03. The molecule has 0 aliphatic rings. The van der Waals surface area contributed by atoms with E-state index in [1.807, 2.05) is 0 Å². The second-order valence-corrected chi connectivity index (χ2v) is 4.83. The number of rotatable bonds is 4. The third-order valence-corrected chi connectivity index (χ3v) is 3.03. The molecule has 0 bridgehead atoms. The van der Waals surface area contributed by atoms with Gasteiger partial charge in [0.15, 0.2) is 0 Å². The molecule has 80 valence electrons. The van der Waals surface area contributed by atoms with E-state index in [0.29, 0.717) is 11.3 Å². The van der Waals surface area contributed by atoms with Crippen molar-refractivity contribution in [1.82, 2.24) is 4.72 Å². The largest absolute Gasteiger partial charge is 0.399 e. The van der Waals surface area contributed by atoms with Crippen molar-refractivity contribution in [2.24, 2.45) is 0 Å². The summed E-state index contributed by atoms with van der Waals surface area (Å²) in [4.78, 5) is 0. The first-order valence-electron chi connectivity index (χ1n) is 4.29. The molecule has 5 heteroatoms. The molecule has 0 aromatic heterocycles. The molecular weight excluding hydrogens is 212 g/mol. The van der Waals surface area contributed by atoms with Crippen molar-refractivity contribution in [2.75, 3.05) is 12.3 Å². The zero-order valence-electron chi connectivity index (χ0n) is 8.10. The Morgan fingerprint density at radius 2 is 1.93 bits per heavy atom. The molecule has 1 aromatic carbocycles. The highest BCUT2D eigenvalue weighted by Crippen LogP contribution is 2.08.